The molecule has 0 bridgehead atoms. The number of ether oxygens (including phenoxy) is 2. The van der Waals surface area contributed by atoms with Crippen molar-refractivity contribution in [3.05, 3.63) is 22.4 Å². The molecule has 1 aromatic heterocycles. The van der Waals surface area contributed by atoms with Gasteiger partial charge in [0.25, 0.3) is 0 Å². The molecular weight excluding hydrogens is 326 g/mol. The number of nitrogens with zero attached hydrogens (tertiary/aromatic N) is 1. The standard InChI is InChI=1S/C14H19NO5S2/c16-14(20-11-4-7-19-10-11)15-5-3-13(12-2-1-8-21-12)22(17,18)9-6-15/h1-2,8,11,13H,3-7,9-10H2/t11-,13+/m0/s1. The summed E-state index contributed by atoms with van der Waals surface area (Å²) < 4.78 is 35.4. The van der Waals surface area contributed by atoms with Crippen LogP contribution in [0.3, 0.4) is 0 Å². The summed E-state index contributed by atoms with van der Waals surface area (Å²) >= 11 is 1.45. The smallest absolute Gasteiger partial charge is 0.410 e. The predicted octanol–water partition coefficient (Wildman–Crippen LogP) is 1.84. The second-order valence-electron chi connectivity index (χ2n) is 5.52. The van der Waals surface area contributed by atoms with Crippen LogP contribution in [0.1, 0.15) is 23.0 Å². The summed E-state index contributed by atoms with van der Waals surface area (Å²) in [5.74, 6) is -0.0220. The van der Waals surface area contributed by atoms with E-state index in [1.54, 1.807) is 0 Å². The Morgan fingerprint density at radius 1 is 1.36 bits per heavy atom. The fourth-order valence-electron chi connectivity index (χ4n) is 2.74. The van der Waals surface area contributed by atoms with Gasteiger partial charge in [-0.2, -0.15) is 0 Å². The number of carbonyl (C=O) groups excluding carboxylic acids is 1. The molecule has 6 nitrogen and oxygen atoms in total. The Kier molecular flexibility index (Phi) is 4.70. The largest absolute Gasteiger partial charge is 0.444 e. The fraction of sp³-hybridized carbons (Fsp3) is 0.643. The summed E-state index contributed by atoms with van der Waals surface area (Å²) in [5.41, 5.74) is 0. The molecule has 3 rings (SSSR count). The van der Waals surface area contributed by atoms with Gasteiger partial charge in [0, 0.05) is 24.4 Å². The molecule has 2 atom stereocenters. The molecule has 0 saturated carbocycles. The summed E-state index contributed by atoms with van der Waals surface area (Å²) in [6, 6.07) is 3.70. The lowest BCUT2D eigenvalue weighted by molar-refractivity contribution is 0.0560. The highest BCUT2D eigenvalue weighted by Gasteiger charge is 2.34. The van der Waals surface area contributed by atoms with Crippen molar-refractivity contribution in [2.75, 3.05) is 32.1 Å². The van der Waals surface area contributed by atoms with Crippen molar-refractivity contribution in [1.29, 1.82) is 0 Å². The van der Waals surface area contributed by atoms with Gasteiger partial charge in [0.15, 0.2) is 9.84 Å². The molecule has 0 N–H and O–H groups in total. The lowest BCUT2D eigenvalue weighted by Crippen LogP contribution is -2.36. The first-order valence-corrected chi connectivity index (χ1v) is 9.94. The maximum absolute atomic E-state index is 12.4. The molecular formula is C14H19NO5S2. The second kappa shape index (κ2) is 6.55. The van der Waals surface area contributed by atoms with Gasteiger partial charge in [0.1, 0.15) is 6.10 Å². The van der Waals surface area contributed by atoms with Gasteiger partial charge in [-0.05, 0) is 17.9 Å². The van der Waals surface area contributed by atoms with Crippen LogP contribution in [0.15, 0.2) is 17.5 Å². The lowest BCUT2D eigenvalue weighted by Gasteiger charge is -2.21. The molecule has 0 aliphatic carbocycles. The van der Waals surface area contributed by atoms with Gasteiger partial charge in [0.2, 0.25) is 0 Å². The zero-order valence-electron chi connectivity index (χ0n) is 12.1. The van der Waals surface area contributed by atoms with Gasteiger partial charge in [-0.15, -0.1) is 11.3 Å². The molecule has 0 unspecified atom stereocenters. The average Bonchev–Trinajstić information content (AvgIpc) is 3.13. The van der Waals surface area contributed by atoms with Crippen LogP contribution in [-0.4, -0.2) is 57.6 Å². The zero-order valence-corrected chi connectivity index (χ0v) is 13.8. The van der Waals surface area contributed by atoms with E-state index in [-0.39, 0.29) is 18.4 Å². The lowest BCUT2D eigenvalue weighted by atomic mass is 10.2. The third-order valence-electron chi connectivity index (χ3n) is 4.01. The molecule has 2 saturated heterocycles. The van der Waals surface area contributed by atoms with Gasteiger partial charge in [0.05, 0.1) is 24.2 Å². The van der Waals surface area contributed by atoms with Crippen molar-refractivity contribution in [3.63, 3.8) is 0 Å². The second-order valence-corrected chi connectivity index (χ2v) is 8.80. The molecule has 2 aliphatic heterocycles. The first kappa shape index (κ1) is 15.8. The quantitative estimate of drug-likeness (QED) is 0.818. The van der Waals surface area contributed by atoms with E-state index in [9.17, 15) is 13.2 Å². The van der Waals surface area contributed by atoms with Crippen molar-refractivity contribution in [3.8, 4) is 0 Å². The molecule has 3 heterocycles. The van der Waals surface area contributed by atoms with E-state index in [4.69, 9.17) is 9.47 Å². The molecule has 122 valence electrons. The van der Waals surface area contributed by atoms with E-state index < -0.39 is 21.2 Å². The van der Waals surface area contributed by atoms with Crippen LogP contribution in [0, 0.1) is 0 Å². The third kappa shape index (κ3) is 3.44. The molecule has 0 aromatic carbocycles. The number of thiophene rings is 1. The van der Waals surface area contributed by atoms with E-state index >= 15 is 0 Å². The predicted molar refractivity (Wildman–Crippen MR) is 82.7 cm³/mol. The number of carbonyl (C=O) groups is 1. The normalized spacial score (nSPS) is 28.3. The topological polar surface area (TPSA) is 72.9 Å². The highest BCUT2D eigenvalue weighted by molar-refractivity contribution is 7.91. The van der Waals surface area contributed by atoms with Crippen LogP contribution in [0.4, 0.5) is 4.79 Å². The summed E-state index contributed by atoms with van der Waals surface area (Å²) in [7, 11) is -3.24. The van der Waals surface area contributed by atoms with E-state index in [1.165, 1.54) is 16.2 Å². The van der Waals surface area contributed by atoms with Gasteiger partial charge in [-0.3, -0.25) is 0 Å². The maximum Gasteiger partial charge on any atom is 0.410 e. The minimum atomic E-state index is -3.24. The monoisotopic (exact) mass is 345 g/mol. The molecule has 2 fully saturated rings. The average molecular weight is 345 g/mol. The molecule has 2 aliphatic rings. The van der Waals surface area contributed by atoms with Gasteiger partial charge in [-0.1, -0.05) is 6.07 Å². The van der Waals surface area contributed by atoms with Crippen LogP contribution in [0.2, 0.25) is 0 Å². The highest BCUT2D eigenvalue weighted by atomic mass is 32.2. The number of amides is 1. The van der Waals surface area contributed by atoms with Gasteiger partial charge in [-0.25, -0.2) is 13.2 Å². The fourth-order valence-corrected chi connectivity index (χ4v) is 5.75. The Bertz CT molecular complexity index is 607. The summed E-state index contributed by atoms with van der Waals surface area (Å²) in [6.07, 6.45) is 0.479. The van der Waals surface area contributed by atoms with Crippen molar-refractivity contribution in [2.45, 2.75) is 24.2 Å². The number of hydrogen-bond acceptors (Lipinski definition) is 6. The van der Waals surface area contributed by atoms with Crippen molar-refractivity contribution in [1.82, 2.24) is 4.90 Å². The van der Waals surface area contributed by atoms with Crippen LogP contribution >= 0.6 is 11.3 Å². The SMILES string of the molecule is O=C(O[C@H]1CCOC1)N1CC[C@H](c2cccs2)S(=O)(=O)CC1. The molecule has 8 heteroatoms. The maximum atomic E-state index is 12.4. The number of hydrogen-bond donors (Lipinski definition) is 0. The summed E-state index contributed by atoms with van der Waals surface area (Å²) in [6.45, 7) is 1.62. The first-order valence-electron chi connectivity index (χ1n) is 7.34. The van der Waals surface area contributed by atoms with Gasteiger partial charge >= 0.3 is 6.09 Å². The van der Waals surface area contributed by atoms with E-state index in [2.05, 4.69) is 0 Å². The van der Waals surface area contributed by atoms with Crippen molar-refractivity contribution in [2.24, 2.45) is 0 Å². The van der Waals surface area contributed by atoms with Gasteiger partial charge < -0.3 is 14.4 Å². The number of rotatable bonds is 2. The molecule has 0 spiro atoms. The molecule has 1 amide bonds. The Balaban J connectivity index is 1.66. The highest BCUT2D eigenvalue weighted by Crippen LogP contribution is 2.32. The molecule has 1 aromatic rings. The first-order chi connectivity index (χ1) is 10.6. The molecule has 0 radical (unpaired) electrons. The van der Waals surface area contributed by atoms with E-state index in [0.717, 1.165) is 4.88 Å². The van der Waals surface area contributed by atoms with Crippen LogP contribution in [0.25, 0.3) is 0 Å². The Morgan fingerprint density at radius 3 is 2.91 bits per heavy atom. The molecule has 22 heavy (non-hydrogen) atoms. The zero-order chi connectivity index (χ0) is 15.6. The van der Waals surface area contributed by atoms with E-state index in [1.807, 2.05) is 17.5 Å². The van der Waals surface area contributed by atoms with Crippen molar-refractivity contribution < 1.29 is 22.7 Å². The Labute approximate surface area is 133 Å². The number of sulfone groups is 1. The van der Waals surface area contributed by atoms with Crippen LogP contribution in [-0.2, 0) is 19.3 Å². The van der Waals surface area contributed by atoms with Crippen LogP contribution < -0.4 is 0 Å². The Hall–Kier alpha value is -1.12. The summed E-state index contributed by atoms with van der Waals surface area (Å²) in [5, 5.41) is 1.36. The summed E-state index contributed by atoms with van der Waals surface area (Å²) in [4.78, 5) is 14.5. The van der Waals surface area contributed by atoms with Crippen molar-refractivity contribution >= 4 is 27.3 Å². The van der Waals surface area contributed by atoms with E-state index in [0.29, 0.717) is 32.6 Å². The van der Waals surface area contributed by atoms with Crippen LogP contribution in [0.5, 0.6) is 0 Å². The minimum absolute atomic E-state index is 0.0220. The minimum Gasteiger partial charge on any atom is -0.444 e. The Morgan fingerprint density at radius 2 is 2.23 bits per heavy atom. The third-order valence-corrected chi connectivity index (χ3v) is 7.26.